The van der Waals surface area contributed by atoms with E-state index in [9.17, 15) is 13.2 Å². The number of alkyl halides is 4. The summed E-state index contributed by atoms with van der Waals surface area (Å²) >= 11 is 2.03. The zero-order chi connectivity index (χ0) is 11.0. The van der Waals surface area contributed by atoms with Crippen molar-refractivity contribution in [2.75, 3.05) is 13.7 Å². The maximum atomic E-state index is 12.6. The van der Waals surface area contributed by atoms with E-state index in [0.29, 0.717) is 6.61 Å². The number of ether oxygens (including phenoxy) is 1. The molecule has 0 radical (unpaired) electrons. The maximum Gasteiger partial charge on any atom is 0.269 e. The van der Waals surface area contributed by atoms with Gasteiger partial charge in [0.1, 0.15) is 0 Å². The second-order valence-electron chi connectivity index (χ2n) is 3.17. The van der Waals surface area contributed by atoms with Gasteiger partial charge < -0.3 is 4.74 Å². The third kappa shape index (κ3) is 7.84. The van der Waals surface area contributed by atoms with Crippen LogP contribution in [0.15, 0.2) is 0 Å². The molecule has 0 rings (SSSR count). The Balaban J connectivity index is 3.40. The lowest BCUT2D eigenvalue weighted by Gasteiger charge is -2.12. The monoisotopic (exact) mass is 324 g/mol. The van der Waals surface area contributed by atoms with Gasteiger partial charge in [0.05, 0.1) is 0 Å². The van der Waals surface area contributed by atoms with E-state index in [1.54, 1.807) is 7.11 Å². The SMILES string of the molecule is COCCCCC(I)CC(F)C(F)F. The highest BCUT2D eigenvalue weighted by Gasteiger charge is 2.22. The van der Waals surface area contributed by atoms with Crippen molar-refractivity contribution in [1.82, 2.24) is 0 Å². The molecule has 2 unspecified atom stereocenters. The summed E-state index contributed by atoms with van der Waals surface area (Å²) in [4.78, 5) is 0. The van der Waals surface area contributed by atoms with Gasteiger partial charge in [-0.05, 0) is 19.3 Å². The fourth-order valence-corrected chi connectivity index (χ4v) is 2.00. The number of rotatable bonds is 8. The first kappa shape index (κ1) is 14.5. The Labute approximate surface area is 96.5 Å². The van der Waals surface area contributed by atoms with Gasteiger partial charge in [-0.15, -0.1) is 0 Å². The van der Waals surface area contributed by atoms with Crippen molar-refractivity contribution in [3.05, 3.63) is 0 Å². The normalized spacial score (nSPS) is 15.9. The molecule has 0 aromatic rings. The summed E-state index contributed by atoms with van der Waals surface area (Å²) in [5, 5.41) is 0. The Hall–Kier alpha value is 0.480. The Kier molecular flexibility index (Phi) is 9.06. The van der Waals surface area contributed by atoms with E-state index in [0.717, 1.165) is 19.3 Å². The molecule has 0 amide bonds. The van der Waals surface area contributed by atoms with Crippen LogP contribution < -0.4 is 0 Å². The van der Waals surface area contributed by atoms with Gasteiger partial charge in [0.15, 0.2) is 6.17 Å². The Bertz CT molecular complexity index is 135. The molecule has 0 aliphatic carbocycles. The minimum atomic E-state index is -2.84. The average molecular weight is 324 g/mol. The topological polar surface area (TPSA) is 9.23 Å². The third-order valence-electron chi connectivity index (χ3n) is 1.87. The minimum absolute atomic E-state index is 0.00606. The lowest BCUT2D eigenvalue weighted by molar-refractivity contribution is 0.0454. The van der Waals surface area contributed by atoms with Crippen LogP contribution in [0.25, 0.3) is 0 Å². The van der Waals surface area contributed by atoms with Crippen molar-refractivity contribution in [1.29, 1.82) is 0 Å². The molecule has 86 valence electrons. The van der Waals surface area contributed by atoms with Crippen LogP contribution in [0.1, 0.15) is 25.7 Å². The highest BCUT2D eigenvalue weighted by atomic mass is 127. The van der Waals surface area contributed by atoms with E-state index in [-0.39, 0.29) is 10.3 Å². The molecule has 0 aliphatic heterocycles. The van der Waals surface area contributed by atoms with Gasteiger partial charge in [0.25, 0.3) is 6.43 Å². The molecule has 0 aliphatic rings. The van der Waals surface area contributed by atoms with Gasteiger partial charge in [-0.2, -0.15) is 0 Å². The molecule has 0 saturated carbocycles. The average Bonchev–Trinajstić information content (AvgIpc) is 2.12. The van der Waals surface area contributed by atoms with Crippen molar-refractivity contribution >= 4 is 22.6 Å². The molecule has 0 saturated heterocycles. The van der Waals surface area contributed by atoms with Crippen LogP contribution in [-0.4, -0.2) is 30.2 Å². The van der Waals surface area contributed by atoms with E-state index >= 15 is 0 Å². The number of hydrogen-bond acceptors (Lipinski definition) is 1. The van der Waals surface area contributed by atoms with E-state index in [1.807, 2.05) is 22.6 Å². The van der Waals surface area contributed by atoms with Crippen LogP contribution >= 0.6 is 22.6 Å². The van der Waals surface area contributed by atoms with Gasteiger partial charge in [0.2, 0.25) is 0 Å². The van der Waals surface area contributed by atoms with Crippen molar-refractivity contribution in [3.63, 3.8) is 0 Å². The zero-order valence-corrected chi connectivity index (χ0v) is 10.3. The molecule has 5 heteroatoms. The zero-order valence-electron chi connectivity index (χ0n) is 8.19. The molecule has 0 bridgehead atoms. The summed E-state index contributed by atoms with van der Waals surface area (Å²) in [5.41, 5.74) is 0. The quantitative estimate of drug-likeness (QED) is 0.377. The molecular formula is C9H16F3IO. The lowest BCUT2D eigenvalue weighted by Crippen LogP contribution is -2.17. The first-order chi connectivity index (χ1) is 6.57. The van der Waals surface area contributed by atoms with Gasteiger partial charge in [-0.25, -0.2) is 13.2 Å². The van der Waals surface area contributed by atoms with Crippen LogP contribution in [-0.2, 0) is 4.74 Å². The number of halogens is 4. The van der Waals surface area contributed by atoms with Crippen LogP contribution in [0, 0.1) is 0 Å². The fraction of sp³-hybridized carbons (Fsp3) is 1.00. The fourth-order valence-electron chi connectivity index (χ4n) is 1.08. The molecule has 0 spiro atoms. The first-order valence-corrected chi connectivity index (χ1v) is 5.87. The van der Waals surface area contributed by atoms with Crippen molar-refractivity contribution in [2.45, 2.75) is 42.2 Å². The lowest BCUT2D eigenvalue weighted by atomic mass is 10.1. The van der Waals surface area contributed by atoms with Crippen LogP contribution in [0.5, 0.6) is 0 Å². The van der Waals surface area contributed by atoms with Crippen molar-refractivity contribution < 1.29 is 17.9 Å². The van der Waals surface area contributed by atoms with Crippen molar-refractivity contribution in [3.8, 4) is 0 Å². The van der Waals surface area contributed by atoms with E-state index < -0.39 is 12.6 Å². The molecular weight excluding hydrogens is 308 g/mol. The predicted molar refractivity (Wildman–Crippen MR) is 59.1 cm³/mol. The third-order valence-corrected chi connectivity index (χ3v) is 3.00. The highest BCUT2D eigenvalue weighted by Crippen LogP contribution is 2.21. The summed E-state index contributed by atoms with van der Waals surface area (Å²) < 4.78 is 41.1. The molecule has 1 nitrogen and oxygen atoms in total. The second kappa shape index (κ2) is 8.76. The summed E-state index contributed by atoms with van der Waals surface area (Å²) in [6.45, 7) is 0.678. The Morgan fingerprint density at radius 2 is 1.86 bits per heavy atom. The van der Waals surface area contributed by atoms with Crippen molar-refractivity contribution in [2.24, 2.45) is 0 Å². The van der Waals surface area contributed by atoms with Crippen LogP contribution in [0.3, 0.4) is 0 Å². The minimum Gasteiger partial charge on any atom is -0.385 e. The van der Waals surface area contributed by atoms with E-state index in [1.165, 1.54) is 0 Å². The molecule has 0 fully saturated rings. The molecule has 14 heavy (non-hydrogen) atoms. The molecule has 0 N–H and O–H groups in total. The smallest absolute Gasteiger partial charge is 0.269 e. The maximum absolute atomic E-state index is 12.6. The van der Waals surface area contributed by atoms with Crippen LogP contribution in [0.2, 0.25) is 0 Å². The van der Waals surface area contributed by atoms with Gasteiger partial charge in [-0.1, -0.05) is 29.0 Å². The Morgan fingerprint density at radius 1 is 1.21 bits per heavy atom. The summed E-state index contributed by atoms with van der Waals surface area (Å²) in [6, 6.07) is 0. The molecule has 0 aromatic carbocycles. The standard InChI is InChI=1S/C9H16F3IO/c1-14-5-3-2-4-7(13)6-8(10)9(11)12/h7-9H,2-6H2,1H3. The van der Waals surface area contributed by atoms with Gasteiger partial charge >= 0.3 is 0 Å². The summed E-state index contributed by atoms with van der Waals surface area (Å²) in [6.07, 6.45) is -2.29. The Morgan fingerprint density at radius 3 is 2.36 bits per heavy atom. The number of unbranched alkanes of at least 4 members (excludes halogenated alkanes) is 1. The molecule has 2 atom stereocenters. The summed E-state index contributed by atoms with van der Waals surface area (Å²) in [5.74, 6) is 0. The van der Waals surface area contributed by atoms with E-state index in [4.69, 9.17) is 4.74 Å². The highest BCUT2D eigenvalue weighted by molar-refractivity contribution is 14.1. The largest absolute Gasteiger partial charge is 0.385 e. The van der Waals surface area contributed by atoms with E-state index in [2.05, 4.69) is 0 Å². The predicted octanol–water partition coefficient (Wildman–Crippen LogP) is 3.60. The molecule has 0 aromatic heterocycles. The van der Waals surface area contributed by atoms with Gasteiger partial charge in [-0.3, -0.25) is 0 Å². The molecule has 0 heterocycles. The number of hydrogen-bond donors (Lipinski definition) is 0. The first-order valence-electron chi connectivity index (χ1n) is 4.63. The second-order valence-corrected chi connectivity index (χ2v) is 4.93. The summed E-state index contributed by atoms with van der Waals surface area (Å²) in [7, 11) is 1.62. The number of methoxy groups -OCH3 is 1. The van der Waals surface area contributed by atoms with Gasteiger partial charge in [0, 0.05) is 17.6 Å². The van der Waals surface area contributed by atoms with Crippen LogP contribution in [0.4, 0.5) is 13.2 Å².